The minimum atomic E-state index is -0.143. The van der Waals surface area contributed by atoms with Crippen molar-refractivity contribution >= 4 is 17.4 Å². The molecular formula is C28H34N8O. The smallest absolute Gasteiger partial charge is 0.166 e. The molecule has 1 aromatic carbocycles. The minimum Gasteiger partial charge on any atom is -0.323 e. The summed E-state index contributed by atoms with van der Waals surface area (Å²) in [4.78, 5) is 21.6. The summed E-state index contributed by atoms with van der Waals surface area (Å²) >= 11 is 0. The van der Waals surface area contributed by atoms with Crippen LogP contribution in [-0.2, 0) is 25.0 Å². The Morgan fingerprint density at radius 3 is 2.78 bits per heavy atom. The van der Waals surface area contributed by atoms with Crippen LogP contribution in [0.25, 0.3) is 11.3 Å². The first-order valence-electron chi connectivity index (χ1n) is 12.8. The minimum absolute atomic E-state index is 0.109. The fraction of sp³-hybridized carbons (Fsp3) is 0.393. The Kier molecular flexibility index (Phi) is 6.88. The number of hydrogen-bond donors (Lipinski definition) is 2. The number of aromatic nitrogens is 6. The molecule has 9 nitrogen and oxygen atoms in total. The highest BCUT2D eigenvalue weighted by atomic mass is 16.1. The standard InChI is InChI=1S/C28H34N8O/c1-19-12-21(7-6-20(19)8-9-25(37)22-15-32-36(17-22)28(2,3)4)24-14-26(31-18-30-24)33-27-13-23-16-29-10-5-11-35(23)34-27/h6-7,12-15,17-18,29H,5,8-11,16H2,1-4H3,(H,30,31,33,34). The number of fused-ring (bicyclic) bond motifs is 1. The average molecular weight is 499 g/mol. The number of rotatable bonds is 7. The molecule has 1 aliphatic heterocycles. The fourth-order valence-electron chi connectivity index (χ4n) is 4.50. The van der Waals surface area contributed by atoms with Gasteiger partial charge in [0.25, 0.3) is 0 Å². The first kappa shape index (κ1) is 24.8. The van der Waals surface area contributed by atoms with Gasteiger partial charge in [-0.25, -0.2) is 9.97 Å². The molecule has 4 heterocycles. The van der Waals surface area contributed by atoms with Gasteiger partial charge in [-0.2, -0.15) is 10.2 Å². The lowest BCUT2D eigenvalue weighted by atomic mass is 9.98. The first-order chi connectivity index (χ1) is 17.8. The monoisotopic (exact) mass is 498 g/mol. The Morgan fingerprint density at radius 2 is 2.00 bits per heavy atom. The molecule has 9 heteroatoms. The van der Waals surface area contributed by atoms with Crippen LogP contribution in [0.4, 0.5) is 11.6 Å². The van der Waals surface area contributed by atoms with Crippen LogP contribution in [0.3, 0.4) is 0 Å². The summed E-state index contributed by atoms with van der Waals surface area (Å²) in [6.45, 7) is 11.0. The van der Waals surface area contributed by atoms with Crippen molar-refractivity contribution in [3.63, 3.8) is 0 Å². The number of anilines is 2. The molecule has 0 saturated heterocycles. The van der Waals surface area contributed by atoms with Crippen LogP contribution in [0.15, 0.2) is 49.1 Å². The lowest BCUT2D eigenvalue weighted by Crippen LogP contribution is -2.22. The van der Waals surface area contributed by atoms with E-state index in [-0.39, 0.29) is 11.3 Å². The molecule has 0 bridgehead atoms. The van der Waals surface area contributed by atoms with E-state index < -0.39 is 0 Å². The normalized spacial score (nSPS) is 13.7. The van der Waals surface area contributed by atoms with Gasteiger partial charge in [0.2, 0.25) is 0 Å². The molecule has 0 unspecified atom stereocenters. The van der Waals surface area contributed by atoms with Crippen molar-refractivity contribution in [2.75, 3.05) is 11.9 Å². The zero-order valence-electron chi connectivity index (χ0n) is 22.0. The molecule has 0 amide bonds. The number of nitrogens with zero attached hydrogens (tertiary/aromatic N) is 6. The van der Waals surface area contributed by atoms with E-state index in [1.807, 2.05) is 21.6 Å². The Bertz CT molecular complexity index is 1390. The number of nitrogens with one attached hydrogen (secondary N) is 2. The van der Waals surface area contributed by atoms with Crippen LogP contribution < -0.4 is 10.6 Å². The summed E-state index contributed by atoms with van der Waals surface area (Å²) in [5.74, 6) is 1.60. The van der Waals surface area contributed by atoms with Crippen LogP contribution >= 0.6 is 0 Å². The van der Waals surface area contributed by atoms with Crippen molar-refractivity contribution in [1.29, 1.82) is 0 Å². The number of benzene rings is 1. The molecule has 0 saturated carbocycles. The summed E-state index contributed by atoms with van der Waals surface area (Å²) in [6.07, 6.45) is 7.28. The maximum Gasteiger partial charge on any atom is 0.166 e. The fourth-order valence-corrected chi connectivity index (χ4v) is 4.50. The zero-order chi connectivity index (χ0) is 26.0. The third-order valence-corrected chi connectivity index (χ3v) is 6.67. The SMILES string of the molecule is Cc1cc(-c2cc(Nc3cc4n(n3)CCCNC4)ncn2)ccc1CCC(=O)c1cnn(C(C)(C)C)c1. The summed E-state index contributed by atoms with van der Waals surface area (Å²) in [7, 11) is 0. The molecule has 0 aliphatic carbocycles. The van der Waals surface area contributed by atoms with Gasteiger partial charge in [0.15, 0.2) is 11.6 Å². The molecule has 0 spiro atoms. The second kappa shape index (κ2) is 10.3. The third kappa shape index (κ3) is 5.77. The lowest BCUT2D eigenvalue weighted by molar-refractivity contribution is 0.0982. The highest BCUT2D eigenvalue weighted by Gasteiger charge is 2.17. The maximum absolute atomic E-state index is 12.7. The van der Waals surface area contributed by atoms with Crippen LogP contribution in [0.2, 0.25) is 0 Å². The van der Waals surface area contributed by atoms with Gasteiger partial charge < -0.3 is 10.6 Å². The van der Waals surface area contributed by atoms with Gasteiger partial charge in [-0.05, 0) is 64.3 Å². The number of carbonyl (C=O) groups is 1. The average Bonchev–Trinajstić information content (AvgIpc) is 3.46. The van der Waals surface area contributed by atoms with Crippen LogP contribution in [0.1, 0.15) is 60.8 Å². The van der Waals surface area contributed by atoms with Crippen LogP contribution in [0, 0.1) is 6.92 Å². The van der Waals surface area contributed by atoms with Gasteiger partial charge in [-0.15, -0.1) is 0 Å². The molecule has 1 aliphatic rings. The van der Waals surface area contributed by atoms with Crippen molar-refractivity contribution in [3.05, 3.63) is 71.4 Å². The molecule has 4 aromatic rings. The topological polar surface area (TPSA) is 103 Å². The summed E-state index contributed by atoms with van der Waals surface area (Å²) in [5, 5.41) is 15.8. The van der Waals surface area contributed by atoms with E-state index in [2.05, 4.69) is 82.8 Å². The van der Waals surface area contributed by atoms with Gasteiger partial charge in [0.1, 0.15) is 12.1 Å². The van der Waals surface area contributed by atoms with E-state index in [0.29, 0.717) is 24.2 Å². The van der Waals surface area contributed by atoms with E-state index >= 15 is 0 Å². The van der Waals surface area contributed by atoms with Crippen molar-refractivity contribution in [1.82, 2.24) is 34.8 Å². The highest BCUT2D eigenvalue weighted by Crippen LogP contribution is 2.25. The van der Waals surface area contributed by atoms with Crippen molar-refractivity contribution in [2.45, 2.75) is 65.6 Å². The van der Waals surface area contributed by atoms with Gasteiger partial charge >= 0.3 is 0 Å². The molecule has 37 heavy (non-hydrogen) atoms. The Balaban J connectivity index is 1.25. The Morgan fingerprint density at radius 1 is 1.14 bits per heavy atom. The molecule has 0 atom stereocenters. The second-order valence-corrected chi connectivity index (χ2v) is 10.6. The molecule has 2 N–H and O–H groups in total. The van der Waals surface area contributed by atoms with Gasteiger partial charge in [0, 0.05) is 43.4 Å². The highest BCUT2D eigenvalue weighted by molar-refractivity contribution is 5.95. The summed E-state index contributed by atoms with van der Waals surface area (Å²) in [5.41, 5.74) is 5.82. The van der Waals surface area contributed by atoms with E-state index in [0.717, 1.165) is 54.3 Å². The van der Waals surface area contributed by atoms with Crippen LogP contribution in [0.5, 0.6) is 0 Å². The number of Topliss-reactive ketones (excluding diaryl/α,β-unsaturated/α-hetero) is 1. The zero-order valence-corrected chi connectivity index (χ0v) is 22.0. The van der Waals surface area contributed by atoms with E-state index in [9.17, 15) is 4.79 Å². The molecular weight excluding hydrogens is 464 g/mol. The molecule has 5 rings (SSSR count). The van der Waals surface area contributed by atoms with E-state index in [4.69, 9.17) is 0 Å². The third-order valence-electron chi connectivity index (χ3n) is 6.67. The molecule has 192 valence electrons. The number of aryl methyl sites for hydroxylation is 3. The van der Waals surface area contributed by atoms with Gasteiger partial charge in [-0.3, -0.25) is 14.2 Å². The predicted octanol–water partition coefficient (Wildman–Crippen LogP) is 4.65. The number of hydrogen-bond acceptors (Lipinski definition) is 7. The van der Waals surface area contributed by atoms with Gasteiger partial charge in [-0.1, -0.05) is 12.1 Å². The molecule has 0 radical (unpaired) electrons. The summed E-state index contributed by atoms with van der Waals surface area (Å²) < 4.78 is 3.89. The quantitative estimate of drug-likeness (QED) is 0.358. The Hall–Kier alpha value is -3.85. The number of carbonyl (C=O) groups excluding carboxylic acids is 1. The predicted molar refractivity (Wildman–Crippen MR) is 144 cm³/mol. The summed E-state index contributed by atoms with van der Waals surface area (Å²) in [6, 6.07) is 10.3. The van der Waals surface area contributed by atoms with Crippen molar-refractivity contribution in [3.8, 4) is 11.3 Å². The van der Waals surface area contributed by atoms with E-state index in [1.54, 1.807) is 12.5 Å². The second-order valence-electron chi connectivity index (χ2n) is 10.6. The lowest BCUT2D eigenvalue weighted by Gasteiger charge is -2.18. The van der Waals surface area contributed by atoms with Crippen molar-refractivity contribution in [2.24, 2.45) is 0 Å². The maximum atomic E-state index is 12.7. The van der Waals surface area contributed by atoms with Gasteiger partial charge in [0.05, 0.1) is 28.7 Å². The van der Waals surface area contributed by atoms with E-state index in [1.165, 1.54) is 5.69 Å². The molecule has 0 fully saturated rings. The largest absolute Gasteiger partial charge is 0.323 e. The van der Waals surface area contributed by atoms with Crippen molar-refractivity contribution < 1.29 is 4.79 Å². The molecule has 3 aromatic heterocycles. The number of ketones is 1. The Labute approximate surface area is 217 Å². The van der Waals surface area contributed by atoms with Crippen LogP contribution in [-0.4, -0.2) is 41.9 Å². The first-order valence-corrected chi connectivity index (χ1v) is 12.8.